The first-order valence-corrected chi connectivity index (χ1v) is 7.52. The van der Waals surface area contributed by atoms with Gasteiger partial charge in [-0.15, -0.1) is 11.3 Å². The summed E-state index contributed by atoms with van der Waals surface area (Å²) in [5.74, 6) is 0.954. The monoisotopic (exact) mass is 282 g/mol. The smallest absolute Gasteiger partial charge is 0.136 e. The van der Waals surface area contributed by atoms with Gasteiger partial charge in [-0.3, -0.25) is 0 Å². The lowest BCUT2D eigenvalue weighted by Gasteiger charge is -2.10. The molecule has 100 valence electrons. The predicted octanol–water partition coefficient (Wildman–Crippen LogP) is 3.36. The lowest BCUT2D eigenvalue weighted by Crippen LogP contribution is -1.99. The van der Waals surface area contributed by atoms with Crippen molar-refractivity contribution in [3.8, 4) is 17.0 Å². The molecule has 0 unspecified atom stereocenters. The summed E-state index contributed by atoms with van der Waals surface area (Å²) in [6.45, 7) is 1.20. The molecule has 1 aromatic heterocycles. The molecular formula is C16H14N2OS. The van der Waals surface area contributed by atoms with Gasteiger partial charge < -0.3 is 10.5 Å². The van der Waals surface area contributed by atoms with Crippen LogP contribution in [0.5, 0.6) is 5.75 Å². The number of aromatic nitrogens is 1. The lowest BCUT2D eigenvalue weighted by molar-refractivity contribution is 0.331. The van der Waals surface area contributed by atoms with Gasteiger partial charge in [-0.2, -0.15) is 0 Å². The molecule has 1 aliphatic rings. The molecule has 0 spiro atoms. The maximum Gasteiger partial charge on any atom is 0.136 e. The van der Waals surface area contributed by atoms with E-state index < -0.39 is 0 Å². The van der Waals surface area contributed by atoms with Gasteiger partial charge in [0.15, 0.2) is 0 Å². The van der Waals surface area contributed by atoms with Crippen LogP contribution in [-0.4, -0.2) is 11.6 Å². The molecule has 0 amide bonds. The Morgan fingerprint density at radius 2 is 2.10 bits per heavy atom. The van der Waals surface area contributed by atoms with Crippen molar-refractivity contribution in [2.24, 2.45) is 5.73 Å². The average molecular weight is 282 g/mol. The van der Waals surface area contributed by atoms with E-state index in [-0.39, 0.29) is 0 Å². The van der Waals surface area contributed by atoms with Gasteiger partial charge in [0, 0.05) is 28.8 Å². The van der Waals surface area contributed by atoms with E-state index in [2.05, 4.69) is 24.3 Å². The summed E-state index contributed by atoms with van der Waals surface area (Å²) >= 11 is 1.70. The summed E-state index contributed by atoms with van der Waals surface area (Å²) in [6.07, 6.45) is 0.899. The second kappa shape index (κ2) is 4.58. The molecule has 0 saturated carbocycles. The summed E-state index contributed by atoms with van der Waals surface area (Å²) in [6, 6.07) is 12.6. The van der Waals surface area contributed by atoms with Gasteiger partial charge in [0.1, 0.15) is 10.8 Å². The third-order valence-electron chi connectivity index (χ3n) is 3.63. The number of fused-ring (bicyclic) bond motifs is 5. The molecule has 0 fully saturated rings. The number of thiazole rings is 1. The molecule has 20 heavy (non-hydrogen) atoms. The van der Waals surface area contributed by atoms with E-state index in [0.717, 1.165) is 33.8 Å². The zero-order chi connectivity index (χ0) is 13.5. The molecule has 3 aromatic rings. The van der Waals surface area contributed by atoms with Crippen molar-refractivity contribution in [3.63, 3.8) is 0 Å². The first-order valence-electron chi connectivity index (χ1n) is 6.70. The van der Waals surface area contributed by atoms with Crippen molar-refractivity contribution < 1.29 is 4.74 Å². The van der Waals surface area contributed by atoms with E-state index in [1.165, 1.54) is 10.3 Å². The highest BCUT2D eigenvalue weighted by Crippen LogP contribution is 2.41. The van der Waals surface area contributed by atoms with E-state index >= 15 is 0 Å². The molecule has 0 saturated heterocycles. The van der Waals surface area contributed by atoms with E-state index in [1.54, 1.807) is 11.3 Å². The van der Waals surface area contributed by atoms with Crippen LogP contribution in [0.15, 0.2) is 36.4 Å². The topological polar surface area (TPSA) is 48.1 Å². The van der Waals surface area contributed by atoms with E-state index in [9.17, 15) is 0 Å². The van der Waals surface area contributed by atoms with Gasteiger partial charge in [0.25, 0.3) is 0 Å². The molecule has 0 radical (unpaired) electrons. The first-order chi connectivity index (χ1) is 9.86. The number of benzene rings is 2. The predicted molar refractivity (Wildman–Crippen MR) is 82.1 cm³/mol. The van der Waals surface area contributed by atoms with Crippen molar-refractivity contribution in [2.45, 2.75) is 13.0 Å². The van der Waals surface area contributed by atoms with Gasteiger partial charge in [-0.05, 0) is 11.5 Å². The number of nitrogens with two attached hydrogens (primary N) is 1. The molecule has 0 bridgehead atoms. The number of ether oxygens (including phenoxy) is 1. The highest BCUT2D eigenvalue weighted by molar-refractivity contribution is 7.12. The SMILES string of the molecule is NCc1nc2c(s1)CCOc1c-2ccc2ccccc12. The summed E-state index contributed by atoms with van der Waals surface area (Å²) in [7, 11) is 0. The molecular weight excluding hydrogens is 268 g/mol. The molecule has 2 aromatic carbocycles. The minimum absolute atomic E-state index is 0.501. The van der Waals surface area contributed by atoms with E-state index in [4.69, 9.17) is 15.5 Å². The number of nitrogens with zero attached hydrogens (tertiary/aromatic N) is 1. The number of rotatable bonds is 1. The van der Waals surface area contributed by atoms with Crippen molar-refractivity contribution in [3.05, 3.63) is 46.3 Å². The van der Waals surface area contributed by atoms with Crippen LogP contribution in [0.2, 0.25) is 0 Å². The van der Waals surface area contributed by atoms with Gasteiger partial charge in [-0.1, -0.05) is 30.3 Å². The third kappa shape index (κ3) is 1.72. The zero-order valence-corrected chi connectivity index (χ0v) is 11.7. The maximum atomic E-state index is 6.01. The largest absolute Gasteiger partial charge is 0.492 e. The van der Waals surface area contributed by atoms with Crippen LogP contribution < -0.4 is 10.5 Å². The molecule has 1 aliphatic heterocycles. The van der Waals surface area contributed by atoms with Crippen molar-refractivity contribution in [2.75, 3.05) is 6.61 Å². The number of hydrogen-bond acceptors (Lipinski definition) is 4. The van der Waals surface area contributed by atoms with Gasteiger partial charge in [-0.25, -0.2) is 4.98 Å². The Balaban J connectivity index is 2.02. The second-order valence-corrected chi connectivity index (χ2v) is 6.01. The molecule has 4 rings (SSSR count). The highest BCUT2D eigenvalue weighted by atomic mass is 32.1. The fourth-order valence-electron chi connectivity index (χ4n) is 2.70. The Morgan fingerprint density at radius 3 is 3.00 bits per heavy atom. The minimum atomic E-state index is 0.501. The normalized spacial score (nSPS) is 13.4. The van der Waals surface area contributed by atoms with Crippen LogP contribution >= 0.6 is 11.3 Å². The van der Waals surface area contributed by atoms with Crippen LogP contribution in [0.1, 0.15) is 9.88 Å². The zero-order valence-electron chi connectivity index (χ0n) is 10.9. The maximum absolute atomic E-state index is 6.01. The van der Waals surface area contributed by atoms with Gasteiger partial charge in [0.2, 0.25) is 0 Å². The lowest BCUT2D eigenvalue weighted by atomic mass is 10.0. The Kier molecular flexibility index (Phi) is 2.72. The Labute approximate surface area is 121 Å². The van der Waals surface area contributed by atoms with Gasteiger partial charge >= 0.3 is 0 Å². The first kappa shape index (κ1) is 11.9. The Morgan fingerprint density at radius 1 is 1.20 bits per heavy atom. The van der Waals surface area contributed by atoms with Crippen LogP contribution in [0, 0.1) is 0 Å². The standard InChI is InChI=1S/C16H14N2OS/c17-9-14-18-15-12-6-5-10-3-1-2-4-11(10)16(12)19-8-7-13(15)20-14/h1-6H,7-9,17H2. The number of hydrogen-bond donors (Lipinski definition) is 1. The van der Waals surface area contributed by atoms with E-state index in [1.807, 2.05) is 12.1 Å². The highest BCUT2D eigenvalue weighted by Gasteiger charge is 2.21. The quantitative estimate of drug-likeness (QED) is 0.744. The Hall–Kier alpha value is -1.91. The van der Waals surface area contributed by atoms with E-state index in [0.29, 0.717) is 13.2 Å². The fraction of sp³-hybridized carbons (Fsp3) is 0.188. The fourth-order valence-corrected chi connectivity index (χ4v) is 3.64. The summed E-state index contributed by atoms with van der Waals surface area (Å²) in [5, 5.41) is 3.35. The summed E-state index contributed by atoms with van der Waals surface area (Å²) in [4.78, 5) is 5.97. The van der Waals surface area contributed by atoms with Crippen molar-refractivity contribution in [1.82, 2.24) is 4.98 Å². The van der Waals surface area contributed by atoms with Crippen LogP contribution in [0.3, 0.4) is 0 Å². The third-order valence-corrected chi connectivity index (χ3v) is 4.76. The van der Waals surface area contributed by atoms with Crippen LogP contribution in [-0.2, 0) is 13.0 Å². The summed E-state index contributed by atoms with van der Waals surface area (Å²) in [5.41, 5.74) is 7.87. The molecule has 0 aliphatic carbocycles. The van der Waals surface area contributed by atoms with Crippen LogP contribution in [0.4, 0.5) is 0 Å². The Bertz CT molecular complexity index is 794. The molecule has 2 heterocycles. The molecule has 3 nitrogen and oxygen atoms in total. The van der Waals surface area contributed by atoms with Crippen LogP contribution in [0.25, 0.3) is 22.0 Å². The van der Waals surface area contributed by atoms with Crippen molar-refractivity contribution >= 4 is 22.1 Å². The minimum Gasteiger partial charge on any atom is -0.492 e. The molecule has 4 heteroatoms. The van der Waals surface area contributed by atoms with Gasteiger partial charge in [0.05, 0.1) is 12.3 Å². The van der Waals surface area contributed by atoms with Crippen molar-refractivity contribution in [1.29, 1.82) is 0 Å². The molecule has 2 N–H and O–H groups in total. The molecule has 0 atom stereocenters. The average Bonchev–Trinajstić information content (AvgIpc) is 2.83. The summed E-state index contributed by atoms with van der Waals surface area (Å²) < 4.78 is 6.01. The second-order valence-electron chi connectivity index (χ2n) is 4.85.